The summed E-state index contributed by atoms with van der Waals surface area (Å²) in [6.07, 6.45) is 1.70. The van der Waals surface area contributed by atoms with Crippen LogP contribution >= 0.6 is 0 Å². The Hall–Kier alpha value is -3.68. The van der Waals surface area contributed by atoms with Crippen LogP contribution in [-0.2, 0) is 11.2 Å². The lowest BCUT2D eigenvalue weighted by Gasteiger charge is -2.23. The number of ether oxygens (including phenoxy) is 1. The fourth-order valence-electron chi connectivity index (χ4n) is 3.57. The van der Waals surface area contributed by atoms with E-state index in [0.29, 0.717) is 12.3 Å². The Morgan fingerprint density at radius 1 is 0.829 bits per heavy atom. The van der Waals surface area contributed by atoms with Gasteiger partial charge in [0.05, 0.1) is 12.1 Å². The number of likely N-dealkylation sites (N-methyl/N-ethyl adjacent to an activating group) is 1. The predicted molar refractivity (Wildman–Crippen MR) is 138 cm³/mol. The summed E-state index contributed by atoms with van der Waals surface area (Å²) < 4.78 is 5.80. The van der Waals surface area contributed by atoms with Crippen LogP contribution in [0.2, 0.25) is 0 Å². The van der Waals surface area contributed by atoms with Gasteiger partial charge >= 0.3 is 5.97 Å². The quantitative estimate of drug-likeness (QED) is 0.376. The second kappa shape index (κ2) is 13.3. The number of carbonyl (C=O) groups is 2. The van der Waals surface area contributed by atoms with Gasteiger partial charge in [-0.3, -0.25) is 9.69 Å². The van der Waals surface area contributed by atoms with Crippen LogP contribution in [-0.4, -0.2) is 67.1 Å². The monoisotopic (exact) mass is 475 g/mol. The first-order valence-electron chi connectivity index (χ1n) is 11.7. The first-order valence-corrected chi connectivity index (χ1v) is 11.7. The number of amides is 1. The average Bonchev–Trinajstić information content (AvgIpc) is 2.84. The highest BCUT2D eigenvalue weighted by Gasteiger charge is 2.12. The van der Waals surface area contributed by atoms with Crippen LogP contribution < -0.4 is 10.1 Å². The molecule has 0 heterocycles. The Morgan fingerprint density at radius 3 is 2.11 bits per heavy atom. The van der Waals surface area contributed by atoms with Gasteiger partial charge in [-0.2, -0.15) is 0 Å². The summed E-state index contributed by atoms with van der Waals surface area (Å²) >= 11 is 0. The van der Waals surface area contributed by atoms with Crippen LogP contribution in [0.4, 0.5) is 5.69 Å². The summed E-state index contributed by atoms with van der Waals surface area (Å²) in [5, 5.41) is 12.0. The van der Waals surface area contributed by atoms with Gasteiger partial charge in [0.1, 0.15) is 11.5 Å². The number of benzene rings is 3. The van der Waals surface area contributed by atoms with Crippen molar-refractivity contribution < 1.29 is 19.4 Å². The summed E-state index contributed by atoms with van der Waals surface area (Å²) in [5.41, 5.74) is 2.10. The van der Waals surface area contributed by atoms with Crippen LogP contribution in [0.1, 0.15) is 22.3 Å². The van der Waals surface area contributed by atoms with Crippen molar-refractivity contribution in [3.63, 3.8) is 0 Å². The molecule has 3 aromatic rings. The molecule has 0 fully saturated rings. The van der Waals surface area contributed by atoms with Crippen molar-refractivity contribution in [3.05, 3.63) is 90.0 Å². The zero-order chi connectivity index (χ0) is 25.0. The number of carboxylic acid groups (broad SMARTS) is 1. The fraction of sp³-hybridized carbons (Fsp3) is 0.286. The molecule has 7 heteroatoms. The number of aromatic carboxylic acids is 1. The molecule has 0 radical (unpaired) electrons. The highest BCUT2D eigenvalue weighted by Crippen LogP contribution is 2.22. The molecule has 2 N–H and O–H groups in total. The van der Waals surface area contributed by atoms with E-state index in [1.807, 2.05) is 80.8 Å². The second-order valence-corrected chi connectivity index (χ2v) is 8.67. The number of hydrogen-bond acceptors (Lipinski definition) is 5. The minimum Gasteiger partial charge on any atom is -0.478 e. The average molecular weight is 476 g/mol. The zero-order valence-electron chi connectivity index (χ0n) is 20.3. The number of carboxylic acids is 1. The van der Waals surface area contributed by atoms with Gasteiger partial charge in [-0.15, -0.1) is 0 Å². The Kier molecular flexibility index (Phi) is 9.83. The summed E-state index contributed by atoms with van der Waals surface area (Å²) in [4.78, 5) is 28.0. The summed E-state index contributed by atoms with van der Waals surface area (Å²) in [6.45, 7) is 2.70. The largest absolute Gasteiger partial charge is 0.478 e. The Morgan fingerprint density at radius 2 is 1.49 bits per heavy atom. The van der Waals surface area contributed by atoms with Crippen LogP contribution in [0.5, 0.6) is 11.5 Å². The van der Waals surface area contributed by atoms with Gasteiger partial charge in [-0.25, -0.2) is 4.79 Å². The summed E-state index contributed by atoms with van der Waals surface area (Å²) in [7, 11) is 4.03. The number of carbonyl (C=O) groups excluding carboxylic acids is 1. The van der Waals surface area contributed by atoms with E-state index in [9.17, 15) is 9.59 Å². The molecule has 3 aromatic carbocycles. The topological polar surface area (TPSA) is 82.1 Å². The molecular formula is C28H33N3O4. The van der Waals surface area contributed by atoms with Gasteiger partial charge in [0.25, 0.3) is 0 Å². The predicted octanol–water partition coefficient (Wildman–Crippen LogP) is 4.61. The number of nitrogens with zero attached hydrogens (tertiary/aromatic N) is 2. The SMILES string of the molecule is CN(C)CCN(CCCc1ccc(C(=O)O)cc1)CC(=O)Nc1ccc(Oc2ccccc2)cc1. The number of rotatable bonds is 13. The van der Waals surface area contributed by atoms with Crippen molar-refractivity contribution in [2.45, 2.75) is 12.8 Å². The van der Waals surface area contributed by atoms with E-state index < -0.39 is 5.97 Å². The van der Waals surface area contributed by atoms with Gasteiger partial charge in [-0.05, 0) is 87.6 Å². The Balaban J connectivity index is 1.49. The highest BCUT2D eigenvalue weighted by molar-refractivity contribution is 5.92. The molecule has 0 spiro atoms. The molecule has 0 aliphatic carbocycles. The molecule has 35 heavy (non-hydrogen) atoms. The molecule has 0 unspecified atom stereocenters. The molecule has 0 bridgehead atoms. The molecule has 3 rings (SSSR count). The van der Waals surface area contributed by atoms with E-state index in [1.54, 1.807) is 12.1 Å². The molecule has 0 saturated heterocycles. The molecule has 1 amide bonds. The number of anilines is 1. The first kappa shape index (κ1) is 25.9. The third-order valence-corrected chi connectivity index (χ3v) is 5.49. The minimum atomic E-state index is -0.921. The van der Waals surface area contributed by atoms with Crippen molar-refractivity contribution in [1.82, 2.24) is 9.80 Å². The van der Waals surface area contributed by atoms with Gasteiger partial charge in [0.2, 0.25) is 5.91 Å². The molecular weight excluding hydrogens is 442 g/mol. The first-order chi connectivity index (χ1) is 16.9. The molecule has 0 aliphatic rings. The van der Waals surface area contributed by atoms with E-state index in [1.165, 1.54) is 0 Å². The smallest absolute Gasteiger partial charge is 0.335 e. The lowest BCUT2D eigenvalue weighted by atomic mass is 10.1. The van der Waals surface area contributed by atoms with Crippen molar-refractivity contribution in [2.24, 2.45) is 0 Å². The number of para-hydroxylation sites is 1. The van der Waals surface area contributed by atoms with Crippen molar-refractivity contribution in [3.8, 4) is 11.5 Å². The number of nitrogens with one attached hydrogen (secondary N) is 1. The third-order valence-electron chi connectivity index (χ3n) is 5.49. The molecule has 0 aliphatic heterocycles. The molecule has 0 saturated carbocycles. The summed E-state index contributed by atoms with van der Waals surface area (Å²) in [5.74, 6) is 0.485. The molecule has 7 nitrogen and oxygen atoms in total. The molecule has 0 atom stereocenters. The number of hydrogen-bond donors (Lipinski definition) is 2. The molecule has 0 aromatic heterocycles. The van der Waals surface area contributed by atoms with Crippen LogP contribution in [0.25, 0.3) is 0 Å². The van der Waals surface area contributed by atoms with Crippen molar-refractivity contribution in [2.75, 3.05) is 45.6 Å². The van der Waals surface area contributed by atoms with Crippen LogP contribution in [0.15, 0.2) is 78.9 Å². The zero-order valence-corrected chi connectivity index (χ0v) is 20.3. The third kappa shape index (κ3) is 9.23. The van der Waals surface area contributed by atoms with E-state index in [-0.39, 0.29) is 11.5 Å². The maximum absolute atomic E-state index is 12.7. The van der Waals surface area contributed by atoms with Crippen LogP contribution in [0, 0.1) is 0 Å². The number of aryl methyl sites for hydroxylation is 1. The second-order valence-electron chi connectivity index (χ2n) is 8.67. The fourth-order valence-corrected chi connectivity index (χ4v) is 3.57. The van der Waals surface area contributed by atoms with Gasteiger partial charge in [-0.1, -0.05) is 30.3 Å². The van der Waals surface area contributed by atoms with E-state index in [4.69, 9.17) is 9.84 Å². The maximum atomic E-state index is 12.7. The van der Waals surface area contributed by atoms with E-state index in [2.05, 4.69) is 15.1 Å². The highest BCUT2D eigenvalue weighted by atomic mass is 16.5. The van der Waals surface area contributed by atoms with Crippen LogP contribution in [0.3, 0.4) is 0 Å². The van der Waals surface area contributed by atoms with Crippen molar-refractivity contribution >= 4 is 17.6 Å². The lowest BCUT2D eigenvalue weighted by Crippen LogP contribution is -2.38. The Bertz CT molecular complexity index is 1070. The van der Waals surface area contributed by atoms with E-state index in [0.717, 1.165) is 49.5 Å². The van der Waals surface area contributed by atoms with Gasteiger partial charge in [0, 0.05) is 18.8 Å². The Labute approximate surface area is 206 Å². The minimum absolute atomic E-state index is 0.0636. The maximum Gasteiger partial charge on any atom is 0.335 e. The standard InChI is InChI=1S/C28H33N3O4/c1-30(2)19-20-31(18-6-7-22-10-12-23(13-11-22)28(33)34)21-27(32)29-24-14-16-26(17-15-24)35-25-8-4-3-5-9-25/h3-5,8-17H,6-7,18-21H2,1-2H3,(H,29,32)(H,33,34). The van der Waals surface area contributed by atoms with Crippen molar-refractivity contribution in [1.29, 1.82) is 0 Å². The van der Waals surface area contributed by atoms with E-state index >= 15 is 0 Å². The van der Waals surface area contributed by atoms with Gasteiger partial charge < -0.3 is 20.1 Å². The summed E-state index contributed by atoms with van der Waals surface area (Å²) in [6, 6.07) is 23.9. The normalized spacial score (nSPS) is 11.0. The van der Waals surface area contributed by atoms with Gasteiger partial charge in [0.15, 0.2) is 0 Å². The lowest BCUT2D eigenvalue weighted by molar-refractivity contribution is -0.117. The molecule has 184 valence electrons.